The molecule has 3 aromatic rings. The minimum Gasteiger partial charge on any atom is -0.486 e. The Balaban J connectivity index is 1.40. The number of carbonyl (C=O) groups is 1. The van der Waals surface area contributed by atoms with Gasteiger partial charge in [0.05, 0.1) is 12.1 Å². The van der Waals surface area contributed by atoms with E-state index in [1.54, 1.807) is 18.2 Å². The molecule has 1 heterocycles. The molecule has 1 atom stereocenters. The molecule has 154 valence electrons. The highest BCUT2D eigenvalue weighted by Crippen LogP contribution is 2.32. The van der Waals surface area contributed by atoms with Gasteiger partial charge in [0.1, 0.15) is 13.2 Å². The Hall–Kier alpha value is -3.51. The van der Waals surface area contributed by atoms with Crippen molar-refractivity contribution in [3.05, 3.63) is 95.6 Å². The topological polar surface area (TPSA) is 79.8 Å². The molecule has 4 rings (SSSR count). The standard InChI is InChI=1S/C24H24N2O4/c27-20(19-11-12-21-22(15-19)30-14-13-29-21)16-25-24(28)26-23(17-7-3-1-4-8-17)18-9-5-2-6-10-18/h1-12,15,20,23,27H,13-14,16H2,(H2,25,26,28)/t20-/m1/s1. The SMILES string of the molecule is O=C(NC[C@@H](O)c1ccc2c(c1)OCCO2)NC(c1ccccc1)c1ccccc1. The van der Waals surface area contributed by atoms with Crippen molar-refractivity contribution in [2.24, 2.45) is 0 Å². The second kappa shape index (κ2) is 9.33. The van der Waals surface area contributed by atoms with E-state index in [-0.39, 0.29) is 18.6 Å². The molecule has 3 N–H and O–H groups in total. The van der Waals surface area contributed by atoms with E-state index in [2.05, 4.69) is 10.6 Å². The lowest BCUT2D eigenvalue weighted by atomic mass is 9.99. The number of nitrogens with one attached hydrogen (secondary N) is 2. The van der Waals surface area contributed by atoms with Gasteiger partial charge in [0, 0.05) is 6.54 Å². The van der Waals surface area contributed by atoms with E-state index in [4.69, 9.17) is 9.47 Å². The van der Waals surface area contributed by atoms with E-state index in [0.29, 0.717) is 30.3 Å². The Morgan fingerprint density at radius 2 is 1.43 bits per heavy atom. The summed E-state index contributed by atoms with van der Waals surface area (Å²) in [4.78, 5) is 12.6. The Kier molecular flexibility index (Phi) is 6.15. The number of amides is 2. The van der Waals surface area contributed by atoms with Crippen LogP contribution in [-0.2, 0) is 0 Å². The van der Waals surface area contributed by atoms with Crippen LogP contribution >= 0.6 is 0 Å². The highest BCUT2D eigenvalue weighted by Gasteiger charge is 2.19. The summed E-state index contributed by atoms with van der Waals surface area (Å²) in [5.74, 6) is 1.27. The van der Waals surface area contributed by atoms with Crippen LogP contribution in [0.25, 0.3) is 0 Å². The summed E-state index contributed by atoms with van der Waals surface area (Å²) in [5.41, 5.74) is 2.61. The third kappa shape index (κ3) is 4.72. The molecule has 6 nitrogen and oxygen atoms in total. The summed E-state index contributed by atoms with van der Waals surface area (Å²) in [5, 5.41) is 16.3. The van der Waals surface area contributed by atoms with Crippen LogP contribution in [0.1, 0.15) is 28.8 Å². The Morgan fingerprint density at radius 3 is 2.07 bits per heavy atom. The van der Waals surface area contributed by atoms with Crippen LogP contribution in [0.3, 0.4) is 0 Å². The van der Waals surface area contributed by atoms with Gasteiger partial charge in [-0.2, -0.15) is 0 Å². The third-order valence-corrected chi connectivity index (χ3v) is 4.95. The summed E-state index contributed by atoms with van der Waals surface area (Å²) < 4.78 is 11.1. The number of benzene rings is 3. The van der Waals surface area contributed by atoms with Gasteiger partial charge < -0.3 is 25.2 Å². The molecule has 0 saturated heterocycles. The van der Waals surface area contributed by atoms with E-state index in [0.717, 1.165) is 11.1 Å². The molecule has 0 bridgehead atoms. The van der Waals surface area contributed by atoms with Crippen molar-refractivity contribution in [3.63, 3.8) is 0 Å². The first-order valence-electron chi connectivity index (χ1n) is 9.92. The molecule has 1 aliphatic rings. The molecule has 0 saturated carbocycles. The largest absolute Gasteiger partial charge is 0.486 e. The molecule has 0 fully saturated rings. The molecule has 0 aliphatic carbocycles. The fraction of sp³-hybridized carbons (Fsp3) is 0.208. The van der Waals surface area contributed by atoms with Crippen LogP contribution in [0.2, 0.25) is 0 Å². The molecule has 2 amide bonds. The number of urea groups is 1. The van der Waals surface area contributed by atoms with Gasteiger partial charge >= 0.3 is 6.03 Å². The monoisotopic (exact) mass is 404 g/mol. The van der Waals surface area contributed by atoms with Gasteiger partial charge in [-0.15, -0.1) is 0 Å². The van der Waals surface area contributed by atoms with E-state index < -0.39 is 6.10 Å². The number of rotatable bonds is 6. The number of carbonyl (C=O) groups excluding carboxylic acids is 1. The van der Waals surface area contributed by atoms with Crippen LogP contribution in [-0.4, -0.2) is 30.9 Å². The molecule has 0 unspecified atom stereocenters. The predicted octanol–water partition coefficient (Wildman–Crippen LogP) is 3.58. The lowest BCUT2D eigenvalue weighted by Gasteiger charge is -2.22. The summed E-state index contributed by atoms with van der Waals surface area (Å²) >= 11 is 0. The minimum absolute atomic E-state index is 0.0712. The number of hydrogen-bond donors (Lipinski definition) is 3. The van der Waals surface area contributed by atoms with Gasteiger partial charge in [0.15, 0.2) is 11.5 Å². The van der Waals surface area contributed by atoms with Crippen molar-refractivity contribution < 1.29 is 19.4 Å². The molecule has 3 aromatic carbocycles. The number of ether oxygens (including phenoxy) is 2. The number of aliphatic hydroxyl groups excluding tert-OH is 1. The van der Waals surface area contributed by atoms with Gasteiger partial charge in [0.25, 0.3) is 0 Å². The zero-order valence-electron chi connectivity index (χ0n) is 16.5. The van der Waals surface area contributed by atoms with Gasteiger partial charge in [-0.05, 0) is 28.8 Å². The van der Waals surface area contributed by atoms with Gasteiger partial charge in [0.2, 0.25) is 0 Å². The smallest absolute Gasteiger partial charge is 0.315 e. The van der Waals surface area contributed by atoms with Crippen molar-refractivity contribution in [2.75, 3.05) is 19.8 Å². The van der Waals surface area contributed by atoms with Gasteiger partial charge in [-0.25, -0.2) is 4.79 Å². The molecule has 6 heteroatoms. The summed E-state index contributed by atoms with van der Waals surface area (Å²) in [6.45, 7) is 1.07. The van der Waals surface area contributed by atoms with Crippen molar-refractivity contribution in [3.8, 4) is 11.5 Å². The molecule has 0 aromatic heterocycles. The first kappa shape index (κ1) is 19.8. The third-order valence-electron chi connectivity index (χ3n) is 4.95. The van der Waals surface area contributed by atoms with Crippen molar-refractivity contribution >= 4 is 6.03 Å². The zero-order chi connectivity index (χ0) is 20.8. The maximum absolute atomic E-state index is 12.6. The van der Waals surface area contributed by atoms with Crippen molar-refractivity contribution in [2.45, 2.75) is 12.1 Å². The molecular formula is C24H24N2O4. The molecule has 0 spiro atoms. The van der Waals surface area contributed by atoms with E-state index in [1.807, 2.05) is 60.7 Å². The predicted molar refractivity (Wildman–Crippen MR) is 114 cm³/mol. The van der Waals surface area contributed by atoms with Crippen LogP contribution < -0.4 is 20.1 Å². The lowest BCUT2D eigenvalue weighted by Crippen LogP contribution is -2.40. The molecule has 30 heavy (non-hydrogen) atoms. The first-order chi connectivity index (χ1) is 14.7. The van der Waals surface area contributed by atoms with Crippen LogP contribution in [0.4, 0.5) is 4.79 Å². The lowest BCUT2D eigenvalue weighted by molar-refractivity contribution is 0.163. The fourth-order valence-electron chi connectivity index (χ4n) is 3.41. The number of fused-ring (bicyclic) bond motifs is 1. The average Bonchev–Trinajstić information content (AvgIpc) is 2.81. The Morgan fingerprint density at radius 1 is 0.833 bits per heavy atom. The molecule has 1 aliphatic heterocycles. The Labute approximate surface area is 175 Å². The Bertz CT molecular complexity index is 940. The van der Waals surface area contributed by atoms with Crippen LogP contribution in [0.5, 0.6) is 11.5 Å². The number of hydrogen-bond acceptors (Lipinski definition) is 4. The van der Waals surface area contributed by atoms with Crippen molar-refractivity contribution in [1.29, 1.82) is 0 Å². The van der Waals surface area contributed by atoms with Crippen LogP contribution in [0.15, 0.2) is 78.9 Å². The summed E-state index contributed by atoms with van der Waals surface area (Å²) in [6.07, 6.45) is -0.863. The maximum atomic E-state index is 12.6. The molecular weight excluding hydrogens is 380 g/mol. The van der Waals surface area contributed by atoms with E-state index in [9.17, 15) is 9.90 Å². The maximum Gasteiger partial charge on any atom is 0.315 e. The average molecular weight is 404 g/mol. The summed E-state index contributed by atoms with van der Waals surface area (Å²) in [7, 11) is 0. The van der Waals surface area contributed by atoms with E-state index in [1.165, 1.54) is 0 Å². The van der Waals surface area contributed by atoms with Crippen molar-refractivity contribution in [1.82, 2.24) is 10.6 Å². The number of aliphatic hydroxyl groups is 1. The second-order valence-corrected chi connectivity index (χ2v) is 7.03. The second-order valence-electron chi connectivity index (χ2n) is 7.03. The normalized spacial score (nSPS) is 13.5. The first-order valence-corrected chi connectivity index (χ1v) is 9.92. The van der Waals surface area contributed by atoms with Crippen LogP contribution in [0, 0.1) is 0 Å². The van der Waals surface area contributed by atoms with E-state index >= 15 is 0 Å². The quantitative estimate of drug-likeness (QED) is 0.587. The highest BCUT2D eigenvalue weighted by molar-refractivity contribution is 5.75. The van der Waals surface area contributed by atoms with Gasteiger partial charge in [-0.1, -0.05) is 66.7 Å². The fourth-order valence-corrected chi connectivity index (χ4v) is 3.41. The molecule has 0 radical (unpaired) electrons. The zero-order valence-corrected chi connectivity index (χ0v) is 16.5. The highest BCUT2D eigenvalue weighted by atomic mass is 16.6. The van der Waals surface area contributed by atoms with Gasteiger partial charge in [-0.3, -0.25) is 0 Å². The summed E-state index contributed by atoms with van der Waals surface area (Å²) in [6, 6.07) is 24.2. The minimum atomic E-state index is -0.863.